The maximum Gasteiger partial charge on any atom is 0.305 e. The number of rotatable bonds is 9. The SMILES string of the molecule is O=C(O)CCNC(=O)c1ccc(-c2ccccc2CNc2ccc(-c3ccccc3)cc2)cc1. The number of carbonyl (C=O) groups is 2. The molecule has 0 bridgehead atoms. The summed E-state index contributed by atoms with van der Waals surface area (Å²) in [6.45, 7) is 0.773. The fourth-order valence-electron chi connectivity index (χ4n) is 3.75. The second-order valence-electron chi connectivity index (χ2n) is 7.93. The minimum absolute atomic E-state index is 0.0980. The van der Waals surface area contributed by atoms with E-state index in [2.05, 4.69) is 59.2 Å². The van der Waals surface area contributed by atoms with E-state index in [9.17, 15) is 9.59 Å². The molecule has 34 heavy (non-hydrogen) atoms. The number of nitrogens with one attached hydrogen (secondary N) is 2. The summed E-state index contributed by atoms with van der Waals surface area (Å²) in [7, 11) is 0. The topological polar surface area (TPSA) is 78.4 Å². The third-order valence-corrected chi connectivity index (χ3v) is 5.57. The van der Waals surface area contributed by atoms with Crippen molar-refractivity contribution in [2.75, 3.05) is 11.9 Å². The molecular formula is C29H26N2O3. The molecule has 0 radical (unpaired) electrons. The zero-order valence-electron chi connectivity index (χ0n) is 18.7. The molecule has 4 rings (SSSR count). The standard InChI is InChI=1S/C29H26N2O3/c32-28(33)18-19-30-29(34)24-12-10-23(11-13-24)27-9-5-4-8-25(27)20-31-26-16-14-22(15-17-26)21-6-2-1-3-7-21/h1-17,31H,18-20H2,(H,30,34)(H,32,33). The maximum absolute atomic E-state index is 12.2. The fourth-order valence-corrected chi connectivity index (χ4v) is 3.75. The first-order valence-electron chi connectivity index (χ1n) is 11.2. The van der Waals surface area contributed by atoms with Crippen molar-refractivity contribution in [2.24, 2.45) is 0 Å². The number of carboxylic acid groups (broad SMARTS) is 1. The lowest BCUT2D eigenvalue weighted by atomic mass is 9.98. The van der Waals surface area contributed by atoms with E-state index >= 15 is 0 Å². The number of benzene rings is 4. The molecule has 5 heteroatoms. The normalized spacial score (nSPS) is 10.5. The number of hydrogen-bond acceptors (Lipinski definition) is 3. The summed E-state index contributed by atoms with van der Waals surface area (Å²) in [5.74, 6) is -1.21. The third-order valence-electron chi connectivity index (χ3n) is 5.57. The van der Waals surface area contributed by atoms with Crippen LogP contribution in [-0.2, 0) is 11.3 Å². The molecule has 0 saturated heterocycles. The molecule has 0 saturated carbocycles. The summed E-state index contributed by atoms with van der Waals surface area (Å²) in [4.78, 5) is 22.8. The van der Waals surface area contributed by atoms with Gasteiger partial charge >= 0.3 is 5.97 Å². The van der Waals surface area contributed by atoms with Gasteiger partial charge in [-0.05, 0) is 52.1 Å². The van der Waals surface area contributed by atoms with Crippen molar-refractivity contribution >= 4 is 17.6 Å². The molecule has 4 aromatic rings. The Labute approximate surface area is 199 Å². The molecule has 0 aliphatic rings. The van der Waals surface area contributed by atoms with Crippen molar-refractivity contribution in [3.8, 4) is 22.3 Å². The van der Waals surface area contributed by atoms with Gasteiger partial charge in [-0.2, -0.15) is 0 Å². The van der Waals surface area contributed by atoms with Crippen LogP contribution >= 0.6 is 0 Å². The van der Waals surface area contributed by atoms with Crippen molar-refractivity contribution < 1.29 is 14.7 Å². The van der Waals surface area contributed by atoms with Gasteiger partial charge in [-0.25, -0.2) is 0 Å². The van der Waals surface area contributed by atoms with Crippen molar-refractivity contribution in [2.45, 2.75) is 13.0 Å². The number of amides is 1. The van der Waals surface area contributed by atoms with Crippen molar-refractivity contribution in [1.82, 2.24) is 5.32 Å². The van der Waals surface area contributed by atoms with Crippen LogP contribution in [0.2, 0.25) is 0 Å². The summed E-state index contributed by atoms with van der Waals surface area (Å²) in [6.07, 6.45) is -0.0980. The highest BCUT2D eigenvalue weighted by Gasteiger charge is 2.09. The van der Waals surface area contributed by atoms with E-state index in [1.54, 1.807) is 12.1 Å². The lowest BCUT2D eigenvalue weighted by Gasteiger charge is -2.13. The Balaban J connectivity index is 1.42. The fraction of sp³-hybridized carbons (Fsp3) is 0.103. The molecule has 0 spiro atoms. The van der Waals surface area contributed by atoms with Gasteiger partial charge in [0.2, 0.25) is 0 Å². The molecule has 0 unspecified atom stereocenters. The van der Waals surface area contributed by atoms with E-state index in [4.69, 9.17) is 5.11 Å². The summed E-state index contributed by atoms with van der Waals surface area (Å²) in [5.41, 5.74) is 7.17. The first kappa shape index (κ1) is 22.8. The van der Waals surface area contributed by atoms with Gasteiger partial charge in [0.1, 0.15) is 0 Å². The van der Waals surface area contributed by atoms with Crippen LogP contribution in [0.5, 0.6) is 0 Å². The van der Waals surface area contributed by atoms with Gasteiger partial charge in [0, 0.05) is 24.3 Å². The van der Waals surface area contributed by atoms with Gasteiger partial charge in [0.25, 0.3) is 5.91 Å². The second kappa shape index (κ2) is 11.0. The van der Waals surface area contributed by atoms with E-state index in [-0.39, 0.29) is 18.9 Å². The van der Waals surface area contributed by atoms with Gasteiger partial charge in [-0.1, -0.05) is 78.9 Å². The molecule has 0 aliphatic heterocycles. The van der Waals surface area contributed by atoms with Gasteiger partial charge < -0.3 is 15.7 Å². The number of aliphatic carboxylic acids is 1. The molecule has 0 aliphatic carbocycles. The van der Waals surface area contributed by atoms with Crippen molar-refractivity contribution in [3.63, 3.8) is 0 Å². The van der Waals surface area contributed by atoms with E-state index in [0.717, 1.165) is 22.4 Å². The molecular weight excluding hydrogens is 424 g/mol. The lowest BCUT2D eigenvalue weighted by molar-refractivity contribution is -0.136. The molecule has 0 atom stereocenters. The van der Waals surface area contributed by atoms with E-state index in [1.807, 2.05) is 42.5 Å². The van der Waals surface area contributed by atoms with Gasteiger partial charge in [0.15, 0.2) is 0 Å². The number of hydrogen-bond donors (Lipinski definition) is 3. The zero-order chi connectivity index (χ0) is 23.8. The van der Waals surface area contributed by atoms with Crippen molar-refractivity contribution in [1.29, 1.82) is 0 Å². The molecule has 1 amide bonds. The second-order valence-corrected chi connectivity index (χ2v) is 7.93. The predicted molar refractivity (Wildman–Crippen MR) is 136 cm³/mol. The monoisotopic (exact) mass is 450 g/mol. The van der Waals surface area contributed by atoms with E-state index in [0.29, 0.717) is 12.1 Å². The molecule has 0 heterocycles. The van der Waals surface area contributed by atoms with Crippen LogP contribution < -0.4 is 10.6 Å². The largest absolute Gasteiger partial charge is 0.481 e. The highest BCUT2D eigenvalue weighted by molar-refractivity contribution is 5.94. The quantitative estimate of drug-likeness (QED) is 0.299. The van der Waals surface area contributed by atoms with Crippen LogP contribution in [0.1, 0.15) is 22.3 Å². The first-order valence-corrected chi connectivity index (χ1v) is 11.2. The van der Waals surface area contributed by atoms with Crippen LogP contribution in [0.15, 0.2) is 103 Å². The summed E-state index contributed by atoms with van der Waals surface area (Å²) >= 11 is 0. The Kier molecular flexibility index (Phi) is 7.35. The van der Waals surface area contributed by atoms with Gasteiger partial charge in [0.05, 0.1) is 6.42 Å². The maximum atomic E-state index is 12.2. The Morgan fingerprint density at radius 3 is 2.00 bits per heavy atom. The minimum Gasteiger partial charge on any atom is -0.481 e. The average Bonchev–Trinajstić information content (AvgIpc) is 2.88. The van der Waals surface area contributed by atoms with Crippen molar-refractivity contribution in [3.05, 3.63) is 114 Å². The van der Waals surface area contributed by atoms with Gasteiger partial charge in [-0.3, -0.25) is 9.59 Å². The Bertz CT molecular complexity index is 1250. The Morgan fingerprint density at radius 1 is 0.676 bits per heavy atom. The molecule has 170 valence electrons. The van der Waals surface area contributed by atoms with Crippen LogP contribution in [-0.4, -0.2) is 23.5 Å². The Hall–Kier alpha value is -4.38. The smallest absolute Gasteiger partial charge is 0.305 e. The molecule has 0 fully saturated rings. The predicted octanol–water partition coefficient (Wildman–Crippen LogP) is 5.84. The molecule has 0 aromatic heterocycles. The van der Waals surface area contributed by atoms with E-state index < -0.39 is 5.97 Å². The van der Waals surface area contributed by atoms with Crippen LogP contribution in [0.3, 0.4) is 0 Å². The summed E-state index contributed by atoms with van der Waals surface area (Å²) < 4.78 is 0. The van der Waals surface area contributed by atoms with Crippen LogP contribution in [0, 0.1) is 0 Å². The molecule has 4 aromatic carbocycles. The van der Waals surface area contributed by atoms with Crippen LogP contribution in [0.25, 0.3) is 22.3 Å². The first-order chi connectivity index (χ1) is 16.6. The van der Waals surface area contributed by atoms with Gasteiger partial charge in [-0.15, -0.1) is 0 Å². The number of anilines is 1. The van der Waals surface area contributed by atoms with E-state index in [1.165, 1.54) is 11.1 Å². The zero-order valence-corrected chi connectivity index (χ0v) is 18.7. The Morgan fingerprint density at radius 2 is 1.29 bits per heavy atom. The van der Waals surface area contributed by atoms with Crippen LogP contribution in [0.4, 0.5) is 5.69 Å². The highest BCUT2D eigenvalue weighted by atomic mass is 16.4. The number of carbonyl (C=O) groups excluding carboxylic acids is 1. The number of carboxylic acids is 1. The lowest BCUT2D eigenvalue weighted by Crippen LogP contribution is -2.25. The summed E-state index contributed by atoms with van der Waals surface area (Å²) in [5, 5.41) is 14.8. The molecule has 5 nitrogen and oxygen atoms in total. The third kappa shape index (κ3) is 5.90. The highest BCUT2D eigenvalue weighted by Crippen LogP contribution is 2.26. The average molecular weight is 451 g/mol. The minimum atomic E-state index is -0.937. The molecule has 3 N–H and O–H groups in total. The summed E-state index contributed by atoms with van der Waals surface area (Å²) in [6, 6.07) is 34.2.